The summed E-state index contributed by atoms with van der Waals surface area (Å²) in [6, 6.07) is 0. The quantitative estimate of drug-likeness (QED) is 0.733. The molecule has 0 aromatic rings. The Bertz CT molecular complexity index is 458. The fourth-order valence-corrected chi connectivity index (χ4v) is 7.03. The van der Waals surface area contributed by atoms with Crippen molar-refractivity contribution in [1.29, 1.82) is 0 Å². The van der Waals surface area contributed by atoms with Crippen LogP contribution in [0.2, 0.25) is 0 Å². The highest BCUT2D eigenvalue weighted by Gasteiger charge is 2.61. The molecule has 0 bridgehead atoms. The predicted molar refractivity (Wildman–Crippen MR) is 82.7 cm³/mol. The van der Waals surface area contributed by atoms with Crippen LogP contribution in [0.15, 0.2) is 0 Å². The molecular weight excluding hydrogens is 260 g/mol. The van der Waals surface area contributed by atoms with Gasteiger partial charge in [-0.2, -0.15) is 0 Å². The molecule has 4 fully saturated rings. The fourth-order valence-electron chi connectivity index (χ4n) is 7.03. The van der Waals surface area contributed by atoms with Crippen LogP contribution in [0.4, 0.5) is 0 Å². The minimum absolute atomic E-state index is 0.111. The first-order valence-electron chi connectivity index (χ1n) is 9.18. The largest absolute Gasteiger partial charge is 0.393 e. The van der Waals surface area contributed by atoms with Crippen LogP contribution < -0.4 is 0 Å². The maximum atomic E-state index is 12.4. The van der Waals surface area contributed by atoms with Gasteiger partial charge >= 0.3 is 0 Å². The van der Waals surface area contributed by atoms with Gasteiger partial charge in [-0.15, -0.1) is 0 Å². The van der Waals surface area contributed by atoms with Crippen molar-refractivity contribution >= 4 is 5.78 Å². The van der Waals surface area contributed by atoms with Crippen molar-refractivity contribution in [2.24, 2.45) is 34.5 Å². The zero-order valence-electron chi connectivity index (χ0n) is 13.6. The van der Waals surface area contributed by atoms with Gasteiger partial charge in [0.25, 0.3) is 0 Å². The van der Waals surface area contributed by atoms with E-state index < -0.39 is 0 Å². The molecule has 2 nitrogen and oxygen atoms in total. The zero-order valence-corrected chi connectivity index (χ0v) is 13.6. The van der Waals surface area contributed by atoms with E-state index in [1.807, 2.05) is 0 Å². The topological polar surface area (TPSA) is 37.3 Å². The van der Waals surface area contributed by atoms with E-state index in [9.17, 15) is 9.90 Å². The highest BCUT2D eigenvalue weighted by atomic mass is 16.3. The van der Waals surface area contributed by atoms with Crippen LogP contribution in [-0.2, 0) is 4.79 Å². The van der Waals surface area contributed by atoms with E-state index in [-0.39, 0.29) is 11.5 Å². The Morgan fingerprint density at radius 3 is 2.67 bits per heavy atom. The first-order chi connectivity index (χ1) is 9.97. The van der Waals surface area contributed by atoms with Gasteiger partial charge in [-0.25, -0.2) is 0 Å². The van der Waals surface area contributed by atoms with E-state index in [4.69, 9.17) is 0 Å². The van der Waals surface area contributed by atoms with Gasteiger partial charge < -0.3 is 5.11 Å². The lowest BCUT2D eigenvalue weighted by molar-refractivity contribution is -0.163. The molecule has 21 heavy (non-hydrogen) atoms. The summed E-state index contributed by atoms with van der Waals surface area (Å²) >= 11 is 0. The van der Waals surface area contributed by atoms with Crippen molar-refractivity contribution in [2.75, 3.05) is 0 Å². The smallest absolute Gasteiger partial charge is 0.139 e. The van der Waals surface area contributed by atoms with Crippen LogP contribution in [0.25, 0.3) is 0 Å². The van der Waals surface area contributed by atoms with Crippen molar-refractivity contribution < 1.29 is 9.90 Å². The Balaban J connectivity index is 1.71. The summed E-state index contributed by atoms with van der Waals surface area (Å²) in [7, 11) is 0. The summed E-state index contributed by atoms with van der Waals surface area (Å²) in [6.45, 7) is 4.71. The van der Waals surface area contributed by atoms with Crippen molar-refractivity contribution in [1.82, 2.24) is 0 Å². The van der Waals surface area contributed by atoms with Crippen LogP contribution in [0.3, 0.4) is 0 Å². The first-order valence-corrected chi connectivity index (χ1v) is 9.18. The Kier molecular flexibility index (Phi) is 3.10. The molecule has 5 unspecified atom stereocenters. The Morgan fingerprint density at radius 1 is 1.05 bits per heavy atom. The Morgan fingerprint density at radius 2 is 1.86 bits per heavy atom. The lowest BCUT2D eigenvalue weighted by atomic mass is 9.44. The minimum Gasteiger partial charge on any atom is -0.393 e. The van der Waals surface area contributed by atoms with Crippen molar-refractivity contribution in [2.45, 2.75) is 77.7 Å². The van der Waals surface area contributed by atoms with Crippen molar-refractivity contribution in [3.8, 4) is 0 Å². The van der Waals surface area contributed by atoms with Crippen LogP contribution in [-0.4, -0.2) is 17.0 Å². The molecule has 0 aromatic carbocycles. The molecule has 4 rings (SSSR count). The molecule has 0 aliphatic heterocycles. The van der Waals surface area contributed by atoms with Gasteiger partial charge in [0, 0.05) is 11.8 Å². The number of aliphatic hydroxyl groups excluding tert-OH is 1. The third kappa shape index (κ3) is 1.77. The summed E-state index contributed by atoms with van der Waals surface area (Å²) in [4.78, 5) is 12.4. The molecule has 4 aliphatic rings. The number of ketones is 1. The molecule has 0 heterocycles. The molecule has 2 heteroatoms. The third-order valence-corrected chi connectivity index (χ3v) is 8.31. The van der Waals surface area contributed by atoms with Gasteiger partial charge in [0.05, 0.1) is 6.10 Å². The van der Waals surface area contributed by atoms with Gasteiger partial charge in [-0.3, -0.25) is 4.79 Å². The van der Waals surface area contributed by atoms with E-state index in [1.54, 1.807) is 0 Å². The number of rotatable bonds is 0. The minimum atomic E-state index is -0.151. The lowest BCUT2D eigenvalue weighted by Gasteiger charge is -2.61. The van der Waals surface area contributed by atoms with Crippen LogP contribution >= 0.6 is 0 Å². The predicted octanol–water partition coefficient (Wildman–Crippen LogP) is 3.96. The molecule has 0 amide bonds. The zero-order chi connectivity index (χ0) is 14.8. The van der Waals surface area contributed by atoms with Gasteiger partial charge in [-0.05, 0) is 67.6 Å². The maximum absolute atomic E-state index is 12.4. The highest BCUT2D eigenvalue weighted by Crippen LogP contribution is 2.65. The number of hydrogen-bond acceptors (Lipinski definition) is 2. The molecule has 1 N–H and O–H groups in total. The van der Waals surface area contributed by atoms with E-state index in [0.29, 0.717) is 29.0 Å². The molecule has 118 valence electrons. The lowest BCUT2D eigenvalue weighted by Crippen LogP contribution is -2.57. The van der Waals surface area contributed by atoms with Crippen LogP contribution in [0.5, 0.6) is 0 Å². The van der Waals surface area contributed by atoms with Crippen LogP contribution in [0.1, 0.15) is 71.6 Å². The van der Waals surface area contributed by atoms with E-state index in [2.05, 4.69) is 13.8 Å². The number of aliphatic hydroxyl groups is 1. The normalized spacial score (nSPS) is 56.5. The number of carbonyl (C=O) groups is 1. The second kappa shape index (κ2) is 4.57. The second-order valence-corrected chi connectivity index (χ2v) is 8.96. The molecule has 0 saturated heterocycles. The third-order valence-electron chi connectivity index (χ3n) is 8.31. The SMILES string of the molecule is CC12CCC3C(C1CCC2=O)[C@@H](O)C[C@H]1CCCCC31C. The number of carbonyl (C=O) groups excluding carboxylic acids is 1. The second-order valence-electron chi connectivity index (χ2n) is 8.96. The summed E-state index contributed by atoms with van der Waals surface area (Å²) in [5.74, 6) is 2.72. The van der Waals surface area contributed by atoms with Gasteiger partial charge in [0.15, 0.2) is 0 Å². The number of fused-ring (bicyclic) bond motifs is 5. The summed E-state index contributed by atoms with van der Waals surface area (Å²) < 4.78 is 0. The van der Waals surface area contributed by atoms with E-state index >= 15 is 0 Å². The number of hydrogen-bond donors (Lipinski definition) is 1. The summed E-state index contributed by atoms with van der Waals surface area (Å²) in [5, 5.41) is 10.9. The molecule has 0 spiro atoms. The average Bonchev–Trinajstić information content (AvgIpc) is 2.76. The van der Waals surface area contributed by atoms with Gasteiger partial charge in [0.1, 0.15) is 5.78 Å². The summed E-state index contributed by atoms with van der Waals surface area (Å²) in [6.07, 6.45) is 10.3. The maximum Gasteiger partial charge on any atom is 0.139 e. The highest BCUT2D eigenvalue weighted by molar-refractivity contribution is 5.87. The molecule has 4 aliphatic carbocycles. The standard InChI is InChI=1S/C19H30O2/c1-18-9-4-3-5-12(18)11-15(20)17-13-6-7-16(21)19(13,2)10-8-14(17)18/h12-15,17,20H,3-11H2,1-2H3/t12-,13?,14?,15+,17?,18?,19?/m1/s1. The van der Waals surface area contributed by atoms with E-state index in [0.717, 1.165) is 31.6 Å². The van der Waals surface area contributed by atoms with Crippen molar-refractivity contribution in [3.63, 3.8) is 0 Å². The molecule has 7 atom stereocenters. The van der Waals surface area contributed by atoms with Gasteiger partial charge in [0.2, 0.25) is 0 Å². The molecule has 0 radical (unpaired) electrons. The first kappa shape index (κ1) is 14.2. The molecule has 4 saturated carbocycles. The molecule has 0 aromatic heterocycles. The van der Waals surface area contributed by atoms with Gasteiger partial charge in [-0.1, -0.05) is 26.7 Å². The fraction of sp³-hybridized carbons (Fsp3) is 0.947. The molecular formula is C19H30O2. The number of Topliss-reactive ketones (excluding diaryl/α,β-unsaturated/α-hetero) is 1. The van der Waals surface area contributed by atoms with Crippen molar-refractivity contribution in [3.05, 3.63) is 0 Å². The van der Waals surface area contributed by atoms with Crippen LogP contribution in [0, 0.1) is 34.5 Å². The Labute approximate surface area is 128 Å². The summed E-state index contributed by atoms with van der Waals surface area (Å²) in [5.41, 5.74) is 0.328. The Hall–Kier alpha value is -0.370. The van der Waals surface area contributed by atoms with E-state index in [1.165, 1.54) is 32.1 Å². The average molecular weight is 290 g/mol. The monoisotopic (exact) mass is 290 g/mol.